The Labute approximate surface area is 92.9 Å². The molecule has 2 aromatic rings. The average Bonchev–Trinajstić information content (AvgIpc) is 2.72. The van der Waals surface area contributed by atoms with Crippen molar-refractivity contribution >= 4 is 16.5 Å². The third-order valence-electron chi connectivity index (χ3n) is 2.06. The molecule has 0 spiro atoms. The summed E-state index contributed by atoms with van der Waals surface area (Å²) in [7, 11) is 0. The van der Waals surface area contributed by atoms with Gasteiger partial charge in [-0.15, -0.1) is 11.3 Å². The third kappa shape index (κ3) is 2.21. The summed E-state index contributed by atoms with van der Waals surface area (Å²) in [6.07, 6.45) is 2.65. The van der Waals surface area contributed by atoms with Crippen molar-refractivity contribution < 1.29 is 4.42 Å². The highest BCUT2D eigenvalue weighted by molar-refractivity contribution is 7.15. The van der Waals surface area contributed by atoms with E-state index in [0.29, 0.717) is 11.0 Å². The van der Waals surface area contributed by atoms with E-state index in [2.05, 4.69) is 18.8 Å². The predicted octanol–water partition coefficient (Wildman–Crippen LogP) is 3.18. The molecule has 0 radical (unpaired) electrons. The quantitative estimate of drug-likeness (QED) is 0.867. The van der Waals surface area contributed by atoms with Crippen LogP contribution in [0.25, 0.3) is 11.5 Å². The summed E-state index contributed by atoms with van der Waals surface area (Å²) in [5.74, 6) is 1.40. The standard InChI is InChI=1S/C11H14N2OS/c1-7(2)6-9-10(13-11(12)15-9)8-4-3-5-14-8/h3-5,7H,6H2,1-2H3,(H2,12,13). The largest absolute Gasteiger partial charge is 0.463 e. The molecule has 2 aromatic heterocycles. The number of nitrogen functional groups attached to an aromatic ring is 1. The highest BCUT2D eigenvalue weighted by Crippen LogP contribution is 2.31. The molecule has 0 fully saturated rings. The number of anilines is 1. The van der Waals surface area contributed by atoms with Gasteiger partial charge < -0.3 is 10.2 Å². The van der Waals surface area contributed by atoms with Crippen LogP contribution >= 0.6 is 11.3 Å². The van der Waals surface area contributed by atoms with Gasteiger partial charge in [-0.05, 0) is 24.5 Å². The van der Waals surface area contributed by atoms with Crippen LogP contribution in [-0.4, -0.2) is 4.98 Å². The van der Waals surface area contributed by atoms with Crippen LogP contribution in [0, 0.1) is 5.92 Å². The molecular weight excluding hydrogens is 208 g/mol. The second kappa shape index (κ2) is 4.06. The maximum Gasteiger partial charge on any atom is 0.180 e. The molecule has 0 aromatic carbocycles. The molecule has 2 N–H and O–H groups in total. The summed E-state index contributed by atoms with van der Waals surface area (Å²) in [5, 5.41) is 0.608. The number of hydrogen-bond donors (Lipinski definition) is 1. The van der Waals surface area contributed by atoms with E-state index in [1.54, 1.807) is 17.6 Å². The van der Waals surface area contributed by atoms with E-state index in [0.717, 1.165) is 17.9 Å². The van der Waals surface area contributed by atoms with Gasteiger partial charge in [-0.3, -0.25) is 0 Å². The van der Waals surface area contributed by atoms with Crippen molar-refractivity contribution in [2.75, 3.05) is 5.73 Å². The fourth-order valence-electron chi connectivity index (χ4n) is 1.48. The van der Waals surface area contributed by atoms with Crippen molar-refractivity contribution in [2.24, 2.45) is 5.92 Å². The topological polar surface area (TPSA) is 52.0 Å². The van der Waals surface area contributed by atoms with Crippen LogP contribution in [-0.2, 0) is 6.42 Å². The number of aromatic nitrogens is 1. The average molecular weight is 222 g/mol. The fourth-order valence-corrected chi connectivity index (χ4v) is 2.53. The molecule has 4 heteroatoms. The lowest BCUT2D eigenvalue weighted by molar-refractivity contribution is 0.578. The van der Waals surface area contributed by atoms with Crippen molar-refractivity contribution in [3.05, 3.63) is 23.3 Å². The molecule has 0 unspecified atom stereocenters. The van der Waals surface area contributed by atoms with Gasteiger partial charge in [0.15, 0.2) is 10.9 Å². The third-order valence-corrected chi connectivity index (χ3v) is 2.97. The SMILES string of the molecule is CC(C)Cc1sc(N)nc1-c1ccco1. The summed E-state index contributed by atoms with van der Waals surface area (Å²) >= 11 is 1.55. The van der Waals surface area contributed by atoms with Gasteiger partial charge in [-0.1, -0.05) is 13.8 Å². The molecule has 0 aliphatic heterocycles. The molecule has 3 nitrogen and oxygen atoms in total. The lowest BCUT2D eigenvalue weighted by Crippen LogP contribution is -1.93. The summed E-state index contributed by atoms with van der Waals surface area (Å²) < 4.78 is 5.34. The summed E-state index contributed by atoms with van der Waals surface area (Å²) in [5.41, 5.74) is 6.63. The van der Waals surface area contributed by atoms with E-state index in [-0.39, 0.29) is 0 Å². The minimum atomic E-state index is 0.596. The first-order valence-corrected chi connectivity index (χ1v) is 5.77. The number of rotatable bonds is 3. The first-order chi connectivity index (χ1) is 7.16. The van der Waals surface area contributed by atoms with Crippen LogP contribution in [0.5, 0.6) is 0 Å². The van der Waals surface area contributed by atoms with Crippen LogP contribution < -0.4 is 5.73 Å². The first kappa shape index (κ1) is 10.2. The van der Waals surface area contributed by atoms with Crippen LogP contribution in [0.1, 0.15) is 18.7 Å². The summed E-state index contributed by atoms with van der Waals surface area (Å²) in [6.45, 7) is 4.36. The van der Waals surface area contributed by atoms with Crippen LogP contribution in [0.4, 0.5) is 5.13 Å². The van der Waals surface area contributed by atoms with Gasteiger partial charge in [0.1, 0.15) is 5.69 Å². The van der Waals surface area contributed by atoms with Gasteiger partial charge in [0.05, 0.1) is 6.26 Å². The molecule has 0 bridgehead atoms. The number of thiazole rings is 1. The molecule has 0 amide bonds. The number of furan rings is 1. The number of nitrogens with zero attached hydrogens (tertiary/aromatic N) is 1. The van der Waals surface area contributed by atoms with E-state index >= 15 is 0 Å². The Kier molecular flexibility index (Phi) is 2.77. The number of hydrogen-bond acceptors (Lipinski definition) is 4. The maximum absolute atomic E-state index is 5.73. The van der Waals surface area contributed by atoms with Crippen molar-refractivity contribution in [1.82, 2.24) is 4.98 Å². The lowest BCUT2D eigenvalue weighted by Gasteiger charge is -2.02. The Bertz CT molecular complexity index is 431. The Hall–Kier alpha value is -1.29. The summed E-state index contributed by atoms with van der Waals surface area (Å²) in [6, 6.07) is 3.78. The minimum Gasteiger partial charge on any atom is -0.463 e. The number of nitrogens with two attached hydrogens (primary N) is 1. The zero-order valence-corrected chi connectivity index (χ0v) is 9.67. The Morgan fingerprint density at radius 2 is 2.33 bits per heavy atom. The zero-order valence-electron chi connectivity index (χ0n) is 8.86. The predicted molar refractivity (Wildman–Crippen MR) is 62.8 cm³/mol. The molecule has 2 heterocycles. The molecule has 0 aliphatic carbocycles. The van der Waals surface area contributed by atoms with E-state index in [1.807, 2.05) is 12.1 Å². The second-order valence-corrected chi connectivity index (χ2v) is 5.01. The molecule has 2 rings (SSSR count). The first-order valence-electron chi connectivity index (χ1n) is 4.96. The van der Waals surface area contributed by atoms with Crippen LogP contribution in [0.3, 0.4) is 0 Å². The summed E-state index contributed by atoms with van der Waals surface area (Å²) in [4.78, 5) is 5.51. The van der Waals surface area contributed by atoms with Gasteiger partial charge in [-0.25, -0.2) is 4.98 Å². The highest BCUT2D eigenvalue weighted by atomic mass is 32.1. The van der Waals surface area contributed by atoms with E-state index in [4.69, 9.17) is 10.2 Å². The fraction of sp³-hybridized carbons (Fsp3) is 0.364. The van der Waals surface area contributed by atoms with Gasteiger partial charge in [0.25, 0.3) is 0 Å². The van der Waals surface area contributed by atoms with E-state index in [9.17, 15) is 0 Å². The van der Waals surface area contributed by atoms with E-state index < -0.39 is 0 Å². The molecular formula is C11H14N2OS. The van der Waals surface area contributed by atoms with Crippen molar-refractivity contribution in [1.29, 1.82) is 0 Å². The Morgan fingerprint density at radius 3 is 2.93 bits per heavy atom. The highest BCUT2D eigenvalue weighted by Gasteiger charge is 2.14. The molecule has 0 saturated heterocycles. The van der Waals surface area contributed by atoms with Crippen LogP contribution in [0.2, 0.25) is 0 Å². The molecule has 0 aliphatic rings. The molecule has 0 saturated carbocycles. The minimum absolute atomic E-state index is 0.596. The van der Waals surface area contributed by atoms with Gasteiger partial charge in [0.2, 0.25) is 0 Å². The lowest BCUT2D eigenvalue weighted by atomic mass is 10.1. The zero-order chi connectivity index (χ0) is 10.8. The van der Waals surface area contributed by atoms with E-state index in [1.165, 1.54) is 4.88 Å². The van der Waals surface area contributed by atoms with Crippen molar-refractivity contribution in [3.8, 4) is 11.5 Å². The monoisotopic (exact) mass is 222 g/mol. The van der Waals surface area contributed by atoms with Crippen LogP contribution in [0.15, 0.2) is 22.8 Å². The van der Waals surface area contributed by atoms with Gasteiger partial charge >= 0.3 is 0 Å². The maximum atomic E-state index is 5.73. The normalized spacial score (nSPS) is 11.1. The van der Waals surface area contributed by atoms with Gasteiger partial charge in [-0.2, -0.15) is 0 Å². The second-order valence-electron chi connectivity index (χ2n) is 3.90. The molecule has 80 valence electrons. The van der Waals surface area contributed by atoms with Crippen molar-refractivity contribution in [2.45, 2.75) is 20.3 Å². The van der Waals surface area contributed by atoms with Gasteiger partial charge in [0, 0.05) is 4.88 Å². The Morgan fingerprint density at radius 1 is 1.53 bits per heavy atom. The van der Waals surface area contributed by atoms with Crippen molar-refractivity contribution in [3.63, 3.8) is 0 Å². The molecule has 0 atom stereocenters. The smallest absolute Gasteiger partial charge is 0.180 e. The Balaban J connectivity index is 2.38. The molecule has 15 heavy (non-hydrogen) atoms.